The van der Waals surface area contributed by atoms with Crippen LogP contribution in [-0.4, -0.2) is 40.8 Å². The quantitative estimate of drug-likeness (QED) is 0.534. The summed E-state index contributed by atoms with van der Waals surface area (Å²) in [6.07, 6.45) is 10.1. The number of rotatable bonds is 0. The van der Waals surface area contributed by atoms with Crippen LogP contribution < -0.4 is 5.32 Å². The lowest BCUT2D eigenvalue weighted by Gasteiger charge is -2.61. The molecule has 2 aliphatic heterocycles. The average molecular weight is 432 g/mol. The van der Waals surface area contributed by atoms with E-state index in [1.165, 1.54) is 38.5 Å². The third-order valence-electron chi connectivity index (χ3n) is 12.1. The number of hydrogen-bond acceptors (Lipinski definition) is 4. The maximum atomic E-state index is 11.8. The Morgan fingerprint density at radius 2 is 1.65 bits per heavy atom. The summed E-state index contributed by atoms with van der Waals surface area (Å²) < 4.78 is 6.88. The molecule has 0 aromatic rings. The van der Waals surface area contributed by atoms with Crippen LogP contribution in [0.25, 0.3) is 0 Å². The second-order valence-electron chi connectivity index (χ2n) is 13.4. The molecule has 0 aromatic carbocycles. The zero-order valence-electron chi connectivity index (χ0n) is 20.1. The lowest BCUT2D eigenvalue weighted by Crippen LogP contribution is -2.59. The maximum Gasteiger partial charge on any atom is 0.122 e. The molecule has 2 saturated heterocycles. The Hall–Kier alpha value is -0.160. The Morgan fingerprint density at radius 3 is 2.39 bits per heavy atom. The van der Waals surface area contributed by atoms with E-state index < -0.39 is 0 Å². The van der Waals surface area contributed by atoms with Crippen molar-refractivity contribution in [3.8, 4) is 0 Å². The van der Waals surface area contributed by atoms with Gasteiger partial charge in [0.15, 0.2) is 0 Å². The highest BCUT2D eigenvalue weighted by Gasteiger charge is 2.71. The molecule has 4 saturated carbocycles. The van der Waals surface area contributed by atoms with Crippen molar-refractivity contribution in [3.63, 3.8) is 0 Å². The van der Waals surface area contributed by atoms with Crippen LogP contribution in [0.5, 0.6) is 0 Å². The second-order valence-corrected chi connectivity index (χ2v) is 13.4. The van der Waals surface area contributed by atoms with Gasteiger partial charge in [0.25, 0.3) is 0 Å². The number of hydrogen-bond donors (Lipinski definition) is 3. The van der Waals surface area contributed by atoms with Gasteiger partial charge in [0.2, 0.25) is 0 Å². The van der Waals surface area contributed by atoms with Crippen LogP contribution in [0.4, 0.5) is 0 Å². The summed E-state index contributed by atoms with van der Waals surface area (Å²) >= 11 is 0. The van der Waals surface area contributed by atoms with Crippen molar-refractivity contribution in [3.05, 3.63) is 0 Å². The summed E-state index contributed by atoms with van der Waals surface area (Å²) in [5.41, 5.74) is 0.336. The summed E-state index contributed by atoms with van der Waals surface area (Å²) in [5, 5.41) is 25.9. The maximum absolute atomic E-state index is 11.8. The lowest BCUT2D eigenvalue weighted by molar-refractivity contribution is -0.170. The van der Waals surface area contributed by atoms with Crippen LogP contribution in [0.15, 0.2) is 0 Å². The first-order chi connectivity index (χ1) is 14.7. The zero-order chi connectivity index (χ0) is 21.8. The van der Waals surface area contributed by atoms with Gasteiger partial charge in [-0.25, -0.2) is 0 Å². The van der Waals surface area contributed by atoms with Crippen LogP contribution >= 0.6 is 0 Å². The molecule has 4 heteroatoms. The second kappa shape index (κ2) is 6.93. The highest BCUT2D eigenvalue weighted by atomic mass is 16.5. The molecule has 31 heavy (non-hydrogen) atoms. The summed E-state index contributed by atoms with van der Waals surface area (Å²) in [5.74, 6) is 4.04. The standard InChI is InChI=1S/C27H45NO3/c1-15-7-12-27(28-14-15)16(2)21-24(31-27)23(30)22-19-6-5-17-13-18(29)8-10-25(17,3)20(19)9-11-26(21,22)4/h15-24,28-30H,5-14H2,1-4H3/t15-,16+,17+,18+,19+,20-,21+,22+,23-,24-,25+,26-,27-/m1/s1. The summed E-state index contributed by atoms with van der Waals surface area (Å²) in [6.45, 7) is 10.8. The largest absolute Gasteiger partial charge is 0.393 e. The Balaban J connectivity index is 1.30. The molecular weight excluding hydrogens is 386 g/mol. The van der Waals surface area contributed by atoms with E-state index in [4.69, 9.17) is 4.74 Å². The predicted octanol–water partition coefficient (Wildman–Crippen LogP) is 4.34. The number of ether oxygens (including phenoxy) is 1. The van der Waals surface area contributed by atoms with Gasteiger partial charge in [0, 0.05) is 18.4 Å². The van der Waals surface area contributed by atoms with Gasteiger partial charge in [0.1, 0.15) is 5.72 Å². The molecule has 0 amide bonds. The fourth-order valence-corrected chi connectivity index (χ4v) is 10.5. The monoisotopic (exact) mass is 431 g/mol. The lowest BCUT2D eigenvalue weighted by atomic mass is 9.44. The van der Waals surface area contributed by atoms with Gasteiger partial charge < -0.3 is 14.9 Å². The number of aliphatic hydroxyl groups excluding tert-OH is 2. The minimum Gasteiger partial charge on any atom is -0.393 e. The minimum absolute atomic E-state index is 0.00311. The fourth-order valence-electron chi connectivity index (χ4n) is 10.5. The van der Waals surface area contributed by atoms with Crippen LogP contribution in [0.2, 0.25) is 0 Å². The van der Waals surface area contributed by atoms with Crippen LogP contribution in [0.1, 0.15) is 85.5 Å². The van der Waals surface area contributed by atoms with Crippen molar-refractivity contribution in [2.75, 3.05) is 6.54 Å². The molecule has 13 atom stereocenters. The third kappa shape index (κ3) is 2.74. The molecule has 4 nitrogen and oxygen atoms in total. The van der Waals surface area contributed by atoms with Crippen LogP contribution in [0.3, 0.4) is 0 Å². The molecule has 6 rings (SSSR count). The molecule has 0 bridgehead atoms. The highest BCUT2D eigenvalue weighted by molar-refractivity contribution is 5.19. The van der Waals surface area contributed by atoms with E-state index in [0.717, 1.165) is 31.7 Å². The van der Waals surface area contributed by atoms with E-state index in [-0.39, 0.29) is 29.5 Å². The van der Waals surface area contributed by atoms with Crippen molar-refractivity contribution < 1.29 is 14.9 Å². The van der Waals surface area contributed by atoms with Gasteiger partial charge in [-0.15, -0.1) is 0 Å². The SMILES string of the molecule is C[C@@H]1CC[C@@]2(NC1)O[C@H]1[C@H](O)[C@@H]3[C@H]4CC[C@H]5C[C@@H](O)CC[C@]5(C)[C@@H]4CC[C@]3(C)[C@H]1[C@@H]2C. The Labute approximate surface area is 188 Å². The normalized spacial score (nSPS) is 63.3. The third-order valence-corrected chi connectivity index (χ3v) is 12.1. The highest BCUT2D eigenvalue weighted by Crippen LogP contribution is 2.71. The Kier molecular flexibility index (Phi) is 4.78. The summed E-state index contributed by atoms with van der Waals surface area (Å²) in [7, 11) is 0. The number of aliphatic hydroxyl groups is 2. The first kappa shape index (κ1) is 21.4. The van der Waals surface area contributed by atoms with Gasteiger partial charge in [-0.1, -0.05) is 27.7 Å². The van der Waals surface area contributed by atoms with Crippen molar-refractivity contribution in [1.82, 2.24) is 5.32 Å². The predicted molar refractivity (Wildman–Crippen MR) is 121 cm³/mol. The molecule has 176 valence electrons. The van der Waals surface area contributed by atoms with Crippen molar-refractivity contribution in [2.45, 2.75) is 110 Å². The molecule has 1 spiro atoms. The zero-order valence-corrected chi connectivity index (χ0v) is 20.1. The van der Waals surface area contributed by atoms with Gasteiger partial charge in [-0.3, -0.25) is 5.32 Å². The Bertz CT molecular complexity index is 719. The molecule has 0 aromatic heterocycles. The van der Waals surface area contributed by atoms with Gasteiger partial charge >= 0.3 is 0 Å². The number of nitrogens with one attached hydrogen (secondary N) is 1. The smallest absolute Gasteiger partial charge is 0.122 e. The average Bonchev–Trinajstić information content (AvgIpc) is 3.14. The molecular formula is C27H45NO3. The molecule has 0 radical (unpaired) electrons. The van der Waals surface area contributed by atoms with Gasteiger partial charge in [0.05, 0.1) is 18.3 Å². The van der Waals surface area contributed by atoms with Crippen LogP contribution in [0, 0.1) is 52.3 Å². The van der Waals surface area contributed by atoms with E-state index in [2.05, 4.69) is 33.0 Å². The molecule has 0 unspecified atom stereocenters. The van der Waals surface area contributed by atoms with Crippen molar-refractivity contribution >= 4 is 0 Å². The molecule has 2 heterocycles. The van der Waals surface area contributed by atoms with E-state index in [0.29, 0.717) is 40.9 Å². The van der Waals surface area contributed by atoms with Crippen molar-refractivity contribution in [1.29, 1.82) is 0 Å². The van der Waals surface area contributed by atoms with E-state index in [9.17, 15) is 10.2 Å². The summed E-state index contributed by atoms with van der Waals surface area (Å²) in [6, 6.07) is 0. The van der Waals surface area contributed by atoms with Gasteiger partial charge in [-0.05, 0) is 98.2 Å². The Morgan fingerprint density at radius 1 is 0.871 bits per heavy atom. The first-order valence-corrected chi connectivity index (χ1v) is 13.5. The van der Waals surface area contributed by atoms with E-state index >= 15 is 0 Å². The van der Waals surface area contributed by atoms with E-state index in [1.54, 1.807) is 0 Å². The van der Waals surface area contributed by atoms with Crippen molar-refractivity contribution in [2.24, 2.45) is 52.3 Å². The molecule has 6 aliphatic rings. The van der Waals surface area contributed by atoms with Gasteiger partial charge in [-0.2, -0.15) is 0 Å². The minimum atomic E-state index is -0.319. The fraction of sp³-hybridized carbons (Fsp3) is 1.00. The molecule has 3 N–H and O–H groups in total. The number of fused-ring (bicyclic) bond motifs is 7. The van der Waals surface area contributed by atoms with E-state index in [1.807, 2.05) is 0 Å². The topological polar surface area (TPSA) is 61.7 Å². The first-order valence-electron chi connectivity index (χ1n) is 13.5. The molecule has 4 aliphatic carbocycles. The van der Waals surface area contributed by atoms with Crippen LogP contribution in [-0.2, 0) is 4.74 Å². The number of piperidine rings is 1. The molecule has 6 fully saturated rings. The summed E-state index contributed by atoms with van der Waals surface area (Å²) in [4.78, 5) is 0.